The molecule has 1 aromatic carbocycles. The van der Waals surface area contributed by atoms with E-state index in [4.69, 9.17) is 0 Å². The van der Waals surface area contributed by atoms with Crippen molar-refractivity contribution in [3.63, 3.8) is 0 Å². The first-order valence-corrected chi connectivity index (χ1v) is 7.34. The molecule has 0 bridgehead atoms. The number of hydrogen-bond acceptors (Lipinski definition) is 5. The summed E-state index contributed by atoms with van der Waals surface area (Å²) < 4.78 is 13.5. The van der Waals surface area contributed by atoms with Crippen LogP contribution in [0.1, 0.15) is 5.56 Å². The van der Waals surface area contributed by atoms with E-state index in [0.717, 1.165) is 18.9 Å². The molecule has 2 aromatic rings. The Morgan fingerprint density at radius 3 is 2.68 bits per heavy atom. The normalized spacial score (nSPS) is 10.7. The van der Waals surface area contributed by atoms with Crippen LogP contribution in [0, 0.1) is 5.82 Å². The maximum atomic E-state index is 13.5. The third-order valence-corrected chi connectivity index (χ3v) is 3.16. The van der Waals surface area contributed by atoms with Crippen molar-refractivity contribution < 1.29 is 4.39 Å². The second-order valence-corrected chi connectivity index (χ2v) is 5.26. The third-order valence-electron chi connectivity index (χ3n) is 3.16. The molecule has 0 aliphatic heterocycles. The van der Waals surface area contributed by atoms with Crippen molar-refractivity contribution in [2.24, 2.45) is 0 Å². The van der Waals surface area contributed by atoms with Crippen molar-refractivity contribution in [1.82, 2.24) is 14.9 Å². The second-order valence-electron chi connectivity index (χ2n) is 5.26. The van der Waals surface area contributed by atoms with Gasteiger partial charge in [0.25, 0.3) is 0 Å². The summed E-state index contributed by atoms with van der Waals surface area (Å²) in [5, 5.41) is 6.36. The van der Waals surface area contributed by atoms with Crippen LogP contribution >= 0.6 is 0 Å². The monoisotopic (exact) mass is 303 g/mol. The lowest BCUT2D eigenvalue weighted by Crippen LogP contribution is -2.21. The molecule has 0 atom stereocenters. The van der Waals surface area contributed by atoms with Crippen LogP contribution < -0.4 is 10.6 Å². The summed E-state index contributed by atoms with van der Waals surface area (Å²) >= 11 is 0. The maximum Gasteiger partial charge on any atom is 0.224 e. The van der Waals surface area contributed by atoms with Crippen LogP contribution in [-0.4, -0.2) is 48.6 Å². The molecule has 0 fully saturated rings. The predicted molar refractivity (Wildman–Crippen MR) is 87.7 cm³/mol. The zero-order valence-electron chi connectivity index (χ0n) is 13.0. The Hall–Kier alpha value is -2.21. The van der Waals surface area contributed by atoms with E-state index < -0.39 is 0 Å². The van der Waals surface area contributed by atoms with Crippen molar-refractivity contribution in [2.75, 3.05) is 44.4 Å². The molecule has 118 valence electrons. The van der Waals surface area contributed by atoms with Gasteiger partial charge in [0.1, 0.15) is 11.6 Å². The van der Waals surface area contributed by atoms with E-state index in [9.17, 15) is 4.39 Å². The number of nitrogens with zero attached hydrogens (tertiary/aromatic N) is 3. The van der Waals surface area contributed by atoms with E-state index in [1.54, 1.807) is 24.4 Å². The van der Waals surface area contributed by atoms with Crippen LogP contribution in [0.2, 0.25) is 0 Å². The Labute approximate surface area is 130 Å². The Morgan fingerprint density at radius 2 is 1.91 bits per heavy atom. The van der Waals surface area contributed by atoms with Gasteiger partial charge < -0.3 is 15.5 Å². The van der Waals surface area contributed by atoms with Crippen LogP contribution in [-0.2, 0) is 6.42 Å². The minimum absolute atomic E-state index is 0.168. The predicted octanol–water partition coefficient (Wildman–Crippen LogP) is 2.24. The first kappa shape index (κ1) is 16.2. The number of anilines is 2. The highest BCUT2D eigenvalue weighted by Crippen LogP contribution is 2.09. The van der Waals surface area contributed by atoms with E-state index in [1.807, 2.05) is 20.2 Å². The molecule has 1 aromatic heterocycles. The van der Waals surface area contributed by atoms with Gasteiger partial charge in [-0.05, 0) is 38.2 Å². The molecular formula is C16H22FN5. The molecule has 2 rings (SSSR count). The van der Waals surface area contributed by atoms with Gasteiger partial charge in [-0.25, -0.2) is 9.37 Å². The highest BCUT2D eigenvalue weighted by Gasteiger charge is 2.02. The van der Waals surface area contributed by atoms with E-state index in [1.165, 1.54) is 6.07 Å². The van der Waals surface area contributed by atoms with Crippen LogP contribution in [0.3, 0.4) is 0 Å². The number of likely N-dealkylation sites (N-methyl/N-ethyl adjacent to an activating group) is 1. The first-order chi connectivity index (χ1) is 10.6. The van der Waals surface area contributed by atoms with Crippen LogP contribution in [0.25, 0.3) is 0 Å². The molecule has 0 aliphatic carbocycles. The summed E-state index contributed by atoms with van der Waals surface area (Å²) in [6.45, 7) is 2.31. The molecule has 0 saturated carbocycles. The highest BCUT2D eigenvalue weighted by atomic mass is 19.1. The molecule has 2 N–H and O–H groups in total. The first-order valence-electron chi connectivity index (χ1n) is 7.34. The number of nitrogens with one attached hydrogen (secondary N) is 2. The van der Waals surface area contributed by atoms with Crippen LogP contribution in [0.15, 0.2) is 36.5 Å². The standard InChI is InChI=1S/C16H22FN5/c1-22(2)12-11-20-16-19-10-8-15(21-16)18-9-7-13-5-3-4-6-14(13)17/h3-6,8,10H,7,9,11-12H2,1-2H3,(H2,18,19,20,21). The Balaban J connectivity index is 1.81. The van der Waals surface area contributed by atoms with E-state index >= 15 is 0 Å². The number of rotatable bonds is 8. The Morgan fingerprint density at radius 1 is 1.09 bits per heavy atom. The highest BCUT2D eigenvalue weighted by molar-refractivity contribution is 5.39. The molecule has 0 aliphatic rings. The van der Waals surface area contributed by atoms with Crippen molar-refractivity contribution in [3.05, 3.63) is 47.9 Å². The topological polar surface area (TPSA) is 53.1 Å². The van der Waals surface area contributed by atoms with Crippen molar-refractivity contribution in [2.45, 2.75) is 6.42 Å². The number of benzene rings is 1. The lowest BCUT2D eigenvalue weighted by Gasteiger charge is -2.11. The van der Waals surface area contributed by atoms with Crippen molar-refractivity contribution >= 4 is 11.8 Å². The second kappa shape index (κ2) is 8.29. The van der Waals surface area contributed by atoms with Crippen molar-refractivity contribution in [3.8, 4) is 0 Å². The smallest absolute Gasteiger partial charge is 0.224 e. The molecule has 0 unspecified atom stereocenters. The molecule has 0 saturated heterocycles. The molecule has 0 amide bonds. The van der Waals surface area contributed by atoms with E-state index in [0.29, 0.717) is 24.5 Å². The van der Waals surface area contributed by atoms with Gasteiger partial charge in [-0.2, -0.15) is 4.98 Å². The van der Waals surface area contributed by atoms with Gasteiger partial charge in [0, 0.05) is 25.8 Å². The quantitative estimate of drug-likeness (QED) is 0.783. The Bertz CT molecular complexity index is 588. The largest absolute Gasteiger partial charge is 0.370 e. The number of halogens is 1. The lowest BCUT2D eigenvalue weighted by atomic mass is 10.1. The molecule has 22 heavy (non-hydrogen) atoms. The third kappa shape index (κ3) is 5.29. The Kier molecular flexibility index (Phi) is 6.09. The molecule has 5 nitrogen and oxygen atoms in total. The van der Waals surface area contributed by atoms with Gasteiger partial charge >= 0.3 is 0 Å². The summed E-state index contributed by atoms with van der Waals surface area (Å²) in [4.78, 5) is 10.6. The summed E-state index contributed by atoms with van der Waals surface area (Å²) in [6.07, 6.45) is 2.32. The molecule has 0 radical (unpaired) electrons. The number of aromatic nitrogens is 2. The molecule has 6 heteroatoms. The molecular weight excluding hydrogens is 281 g/mol. The van der Waals surface area contributed by atoms with Gasteiger partial charge in [0.05, 0.1) is 0 Å². The minimum Gasteiger partial charge on any atom is -0.370 e. The average Bonchev–Trinajstić information content (AvgIpc) is 2.49. The fraction of sp³-hybridized carbons (Fsp3) is 0.375. The maximum absolute atomic E-state index is 13.5. The van der Waals surface area contributed by atoms with Gasteiger partial charge in [-0.1, -0.05) is 18.2 Å². The lowest BCUT2D eigenvalue weighted by molar-refractivity contribution is 0.425. The minimum atomic E-state index is -0.168. The molecule has 1 heterocycles. The van der Waals surface area contributed by atoms with E-state index in [-0.39, 0.29) is 5.82 Å². The summed E-state index contributed by atoms with van der Waals surface area (Å²) in [7, 11) is 4.03. The van der Waals surface area contributed by atoms with Gasteiger partial charge in [0.15, 0.2) is 0 Å². The van der Waals surface area contributed by atoms with Crippen LogP contribution in [0.4, 0.5) is 16.2 Å². The van der Waals surface area contributed by atoms with Crippen LogP contribution in [0.5, 0.6) is 0 Å². The fourth-order valence-electron chi connectivity index (χ4n) is 1.96. The van der Waals surface area contributed by atoms with E-state index in [2.05, 4.69) is 25.5 Å². The van der Waals surface area contributed by atoms with Gasteiger partial charge in [0.2, 0.25) is 5.95 Å². The summed E-state index contributed by atoms with van der Waals surface area (Å²) in [5.74, 6) is 1.16. The fourth-order valence-corrected chi connectivity index (χ4v) is 1.96. The van der Waals surface area contributed by atoms with Gasteiger partial charge in [-0.15, -0.1) is 0 Å². The summed E-state index contributed by atoms with van der Waals surface area (Å²) in [5.41, 5.74) is 0.702. The SMILES string of the molecule is CN(C)CCNc1nccc(NCCc2ccccc2F)n1. The summed E-state index contributed by atoms with van der Waals surface area (Å²) in [6, 6.07) is 8.62. The van der Waals surface area contributed by atoms with Gasteiger partial charge in [-0.3, -0.25) is 0 Å². The molecule has 0 spiro atoms. The van der Waals surface area contributed by atoms with Crippen molar-refractivity contribution in [1.29, 1.82) is 0 Å². The number of hydrogen-bond donors (Lipinski definition) is 2. The average molecular weight is 303 g/mol. The zero-order chi connectivity index (χ0) is 15.8. The zero-order valence-corrected chi connectivity index (χ0v) is 13.0.